The number of carbonyl (C=O) groups is 2. The van der Waals surface area contributed by atoms with Crippen molar-refractivity contribution in [3.05, 3.63) is 60.2 Å². The molecule has 1 heterocycles. The molecule has 3 rings (SSSR count). The van der Waals surface area contributed by atoms with Gasteiger partial charge in [0.1, 0.15) is 5.75 Å². The van der Waals surface area contributed by atoms with Crippen molar-refractivity contribution in [2.24, 2.45) is 5.92 Å². The topological polar surface area (TPSA) is 67.9 Å². The molecule has 6 nitrogen and oxygen atoms in total. The molecule has 2 aromatic rings. The maximum absolute atomic E-state index is 13.0. The van der Waals surface area contributed by atoms with Crippen molar-refractivity contribution in [1.82, 2.24) is 5.01 Å². The Morgan fingerprint density at radius 2 is 1.69 bits per heavy atom. The van der Waals surface area contributed by atoms with E-state index in [4.69, 9.17) is 9.16 Å². The molecule has 29 heavy (non-hydrogen) atoms. The number of nitrogens with one attached hydrogen (secondary N) is 1. The van der Waals surface area contributed by atoms with E-state index < -0.39 is 25.9 Å². The lowest BCUT2D eigenvalue weighted by atomic mass is 9.95. The Balaban J connectivity index is 1.76. The molecule has 2 amide bonds. The van der Waals surface area contributed by atoms with E-state index in [1.54, 1.807) is 31.2 Å². The first-order valence-electron chi connectivity index (χ1n) is 9.79. The fourth-order valence-electron chi connectivity index (χ4n) is 3.67. The predicted octanol–water partition coefficient (Wildman–Crippen LogP) is 5.15. The molecule has 1 N–H and O–H groups in total. The molecule has 0 bridgehead atoms. The van der Waals surface area contributed by atoms with Gasteiger partial charge >= 0.3 is 6.09 Å². The highest BCUT2D eigenvalue weighted by Crippen LogP contribution is 2.35. The Labute approximate surface area is 172 Å². The maximum Gasteiger partial charge on any atom is 0.437 e. The third kappa shape index (κ3) is 4.62. The van der Waals surface area contributed by atoms with E-state index in [1.165, 1.54) is 0 Å². The van der Waals surface area contributed by atoms with Gasteiger partial charge in [-0.1, -0.05) is 44.2 Å². The molecule has 0 aliphatic carbocycles. The van der Waals surface area contributed by atoms with Gasteiger partial charge in [-0.05, 0) is 56.2 Å². The number of hydrogen-bond acceptors (Lipinski definition) is 5. The summed E-state index contributed by atoms with van der Waals surface area (Å²) < 4.78 is 11.7. The van der Waals surface area contributed by atoms with Crippen LogP contribution in [0.3, 0.4) is 0 Å². The minimum Gasteiger partial charge on any atom is -0.544 e. The molecule has 1 aliphatic rings. The highest BCUT2D eigenvalue weighted by molar-refractivity contribution is 6.71. The largest absolute Gasteiger partial charge is 0.544 e. The number of amides is 2. The van der Waals surface area contributed by atoms with E-state index in [9.17, 15) is 9.59 Å². The summed E-state index contributed by atoms with van der Waals surface area (Å²) in [6.07, 6.45) is -0.729. The van der Waals surface area contributed by atoms with Gasteiger partial charge in [0.05, 0.1) is 5.69 Å². The number of imide groups is 1. The lowest BCUT2D eigenvalue weighted by Crippen LogP contribution is -2.40. The zero-order valence-corrected chi connectivity index (χ0v) is 18.6. The van der Waals surface area contributed by atoms with Gasteiger partial charge in [0, 0.05) is 5.56 Å². The van der Waals surface area contributed by atoms with E-state index in [-0.39, 0.29) is 0 Å². The van der Waals surface area contributed by atoms with Crippen LogP contribution in [0.4, 0.5) is 10.5 Å². The molecule has 154 valence electrons. The first-order chi connectivity index (χ1) is 13.6. The van der Waals surface area contributed by atoms with Crippen LogP contribution < -0.4 is 9.85 Å². The number of anilines is 1. The fourth-order valence-corrected chi connectivity index (χ4v) is 6.49. The van der Waals surface area contributed by atoms with Gasteiger partial charge in [-0.25, -0.2) is 4.79 Å². The van der Waals surface area contributed by atoms with Crippen molar-refractivity contribution < 1.29 is 18.8 Å². The fraction of sp³-hybridized carbons (Fsp3) is 0.364. The molecular formula is C22H28N2O4Si. The van der Waals surface area contributed by atoms with Gasteiger partial charge in [-0.15, -0.1) is 5.01 Å². The van der Waals surface area contributed by atoms with Crippen LogP contribution >= 0.6 is 0 Å². The van der Waals surface area contributed by atoms with Crippen LogP contribution in [0.5, 0.6) is 5.75 Å². The van der Waals surface area contributed by atoms with Gasteiger partial charge in [0.2, 0.25) is 13.9 Å². The first kappa shape index (κ1) is 20.9. The van der Waals surface area contributed by atoms with Crippen LogP contribution in [0.25, 0.3) is 0 Å². The minimum atomic E-state index is -1.82. The summed E-state index contributed by atoms with van der Waals surface area (Å²) in [6, 6.07) is 17.3. The second kappa shape index (κ2) is 7.91. The zero-order valence-electron chi connectivity index (χ0n) is 17.6. The van der Waals surface area contributed by atoms with Crippen LogP contribution in [0.1, 0.15) is 26.3 Å². The molecule has 1 unspecified atom stereocenters. The molecule has 1 atom stereocenters. The first-order valence-corrected chi connectivity index (χ1v) is 12.9. The summed E-state index contributed by atoms with van der Waals surface area (Å²) in [5, 5.41) is 0.915. The Kier molecular flexibility index (Phi) is 5.70. The molecule has 2 aromatic carbocycles. The predicted molar refractivity (Wildman–Crippen MR) is 115 cm³/mol. The summed E-state index contributed by atoms with van der Waals surface area (Å²) in [5.74, 6) is 0.883. The molecule has 1 saturated heterocycles. The highest BCUT2D eigenvalue weighted by Gasteiger charge is 2.52. The quantitative estimate of drug-likeness (QED) is 0.637. The van der Waals surface area contributed by atoms with E-state index in [0.29, 0.717) is 17.2 Å². The average Bonchev–Trinajstić information content (AvgIpc) is 2.86. The number of para-hydroxylation sites is 1. The number of hydrazine groups is 1. The molecule has 0 saturated carbocycles. The second-order valence-electron chi connectivity index (χ2n) is 8.50. The van der Waals surface area contributed by atoms with Crippen molar-refractivity contribution in [2.75, 3.05) is 5.43 Å². The Morgan fingerprint density at radius 3 is 2.28 bits per heavy atom. The molecule has 1 aliphatic heterocycles. The van der Waals surface area contributed by atoms with Gasteiger partial charge in [-0.2, -0.15) is 0 Å². The average molecular weight is 413 g/mol. The van der Waals surface area contributed by atoms with Crippen LogP contribution in [0, 0.1) is 5.92 Å². The number of rotatable bonds is 7. The second-order valence-corrected chi connectivity index (χ2v) is 12.6. The van der Waals surface area contributed by atoms with Crippen molar-refractivity contribution in [2.45, 2.75) is 45.5 Å². The Morgan fingerprint density at radius 1 is 1.07 bits per heavy atom. The van der Waals surface area contributed by atoms with Crippen molar-refractivity contribution >= 4 is 26.0 Å². The lowest BCUT2D eigenvalue weighted by molar-refractivity contribution is -0.135. The standard InChI is InChI=1S/C22H28N2O4Si/c1-16(2)15-29(4,5)28-19-13-11-17(12-14-19)22(3)20(25)24(21(26)27-22)23-18-9-7-6-8-10-18/h6-14,16,23H,15H2,1-5H3. The van der Waals surface area contributed by atoms with Gasteiger partial charge in [0.25, 0.3) is 5.91 Å². The molecule has 7 heteroatoms. The molecular weight excluding hydrogens is 384 g/mol. The Hall–Kier alpha value is -2.80. The summed E-state index contributed by atoms with van der Waals surface area (Å²) in [5.41, 5.74) is 2.66. The van der Waals surface area contributed by atoms with Crippen molar-refractivity contribution in [1.29, 1.82) is 0 Å². The third-order valence-electron chi connectivity index (χ3n) is 4.80. The van der Waals surface area contributed by atoms with Gasteiger partial charge in [0.15, 0.2) is 0 Å². The number of cyclic esters (lactones) is 1. The monoisotopic (exact) mass is 412 g/mol. The van der Waals surface area contributed by atoms with Gasteiger partial charge < -0.3 is 9.16 Å². The number of carbonyl (C=O) groups excluding carboxylic acids is 2. The zero-order chi connectivity index (χ0) is 21.2. The molecule has 0 radical (unpaired) electrons. The normalized spacial score (nSPS) is 19.4. The smallest absolute Gasteiger partial charge is 0.437 e. The van der Waals surface area contributed by atoms with Crippen LogP contribution in [0.2, 0.25) is 19.1 Å². The SMILES string of the molecule is CC(C)C[Si](C)(C)Oc1ccc(C2(C)OC(=O)N(Nc3ccccc3)C2=O)cc1. The minimum absolute atomic E-state index is 0.463. The van der Waals surface area contributed by atoms with E-state index in [2.05, 4.69) is 32.4 Å². The van der Waals surface area contributed by atoms with Gasteiger partial charge in [-0.3, -0.25) is 10.2 Å². The summed E-state index contributed by atoms with van der Waals surface area (Å²) in [6.45, 7) is 10.4. The van der Waals surface area contributed by atoms with Crippen LogP contribution in [0.15, 0.2) is 54.6 Å². The summed E-state index contributed by atoms with van der Waals surface area (Å²) >= 11 is 0. The number of hydrogen-bond donors (Lipinski definition) is 1. The molecule has 0 spiro atoms. The molecule has 1 fully saturated rings. The van der Waals surface area contributed by atoms with E-state index in [1.807, 2.05) is 30.3 Å². The van der Waals surface area contributed by atoms with Crippen molar-refractivity contribution in [3.8, 4) is 5.75 Å². The number of nitrogens with zero attached hydrogens (tertiary/aromatic N) is 1. The van der Waals surface area contributed by atoms with E-state index in [0.717, 1.165) is 16.8 Å². The summed E-state index contributed by atoms with van der Waals surface area (Å²) in [7, 11) is -1.82. The molecule has 0 aromatic heterocycles. The van der Waals surface area contributed by atoms with Crippen molar-refractivity contribution in [3.63, 3.8) is 0 Å². The third-order valence-corrected chi connectivity index (χ3v) is 7.39. The maximum atomic E-state index is 13.0. The lowest BCUT2D eigenvalue weighted by Gasteiger charge is -2.26. The Bertz CT molecular complexity index is 883. The highest BCUT2D eigenvalue weighted by atomic mass is 28.4. The summed E-state index contributed by atoms with van der Waals surface area (Å²) in [4.78, 5) is 25.3. The van der Waals surface area contributed by atoms with E-state index >= 15 is 0 Å². The van der Waals surface area contributed by atoms with Crippen LogP contribution in [-0.4, -0.2) is 25.3 Å². The number of benzene rings is 2. The number of ether oxygens (including phenoxy) is 1. The van der Waals surface area contributed by atoms with Crippen LogP contribution in [-0.2, 0) is 15.1 Å².